The van der Waals surface area contributed by atoms with Crippen molar-refractivity contribution in [3.8, 4) is 0 Å². The van der Waals surface area contributed by atoms with Crippen LogP contribution in [0.25, 0.3) is 0 Å². The molecule has 5 heteroatoms. The molecule has 74 valence electrons. The Balaban J connectivity index is 3.01. The van der Waals surface area contributed by atoms with Gasteiger partial charge >= 0.3 is 5.51 Å². The lowest BCUT2D eigenvalue weighted by atomic mass is 10.2. The third-order valence-corrected chi connectivity index (χ3v) is 2.16. The monoisotopic (exact) mass is 201 g/mol. The molecule has 0 aromatic heterocycles. The van der Waals surface area contributed by atoms with E-state index in [0.29, 0.717) is 6.42 Å². The Morgan fingerprint density at radius 1 is 1.17 bits per heavy atom. The highest BCUT2D eigenvalue weighted by Gasteiger charge is 2.27. The molecule has 0 unspecified atom stereocenters. The van der Waals surface area contributed by atoms with Crippen LogP contribution in [0.3, 0.4) is 0 Å². The number of hydrogen-bond acceptors (Lipinski definition) is 2. The molecule has 1 nitrogen and oxygen atoms in total. The van der Waals surface area contributed by atoms with Gasteiger partial charge in [-0.05, 0) is 26.4 Å². The topological polar surface area (TPSA) is 12.0 Å². The Kier molecular flexibility index (Phi) is 6.65. The van der Waals surface area contributed by atoms with E-state index in [-0.39, 0.29) is 17.5 Å². The summed E-state index contributed by atoms with van der Waals surface area (Å²) >= 11 is 0.0712. The van der Waals surface area contributed by atoms with Gasteiger partial charge in [0.1, 0.15) is 0 Å². The Labute approximate surface area is 75.1 Å². The minimum atomic E-state index is -4.05. The minimum Gasteiger partial charge on any atom is -0.320 e. The van der Waals surface area contributed by atoms with Crippen LogP contribution in [0.2, 0.25) is 0 Å². The molecule has 0 bridgehead atoms. The standard InChI is InChI=1S/C7H14F3NS/c1-11-5-3-2-4-6-12-7(8,9)10/h11H,2-6H2,1H3. The number of unbranched alkanes of at least 4 members (excludes halogenated alkanes) is 2. The van der Waals surface area contributed by atoms with Gasteiger partial charge in [-0.1, -0.05) is 18.2 Å². The third kappa shape index (κ3) is 10.1. The summed E-state index contributed by atoms with van der Waals surface area (Å²) in [5, 5.41) is 2.95. The lowest BCUT2D eigenvalue weighted by Gasteiger charge is -2.04. The predicted octanol–water partition coefficient (Wildman–Crippen LogP) is 2.63. The fourth-order valence-electron chi connectivity index (χ4n) is 0.769. The van der Waals surface area contributed by atoms with Gasteiger partial charge in [-0.3, -0.25) is 0 Å². The van der Waals surface area contributed by atoms with Crippen LogP contribution in [0.1, 0.15) is 19.3 Å². The second kappa shape index (κ2) is 6.60. The molecule has 0 aromatic rings. The van der Waals surface area contributed by atoms with Gasteiger partial charge in [0.05, 0.1) is 0 Å². The molecule has 0 saturated carbocycles. The van der Waals surface area contributed by atoms with Crippen molar-refractivity contribution in [3.63, 3.8) is 0 Å². The highest BCUT2D eigenvalue weighted by Crippen LogP contribution is 2.30. The molecule has 0 rings (SSSR count). The molecular weight excluding hydrogens is 187 g/mol. The van der Waals surface area contributed by atoms with E-state index in [1.807, 2.05) is 7.05 Å². The van der Waals surface area contributed by atoms with E-state index in [4.69, 9.17) is 0 Å². The molecule has 0 aliphatic heterocycles. The van der Waals surface area contributed by atoms with Gasteiger partial charge in [0.15, 0.2) is 0 Å². The highest BCUT2D eigenvalue weighted by atomic mass is 32.2. The molecule has 0 aliphatic carbocycles. The quantitative estimate of drug-likeness (QED) is 0.663. The Bertz CT molecular complexity index is 105. The predicted molar refractivity (Wildman–Crippen MR) is 46.3 cm³/mol. The molecule has 0 spiro atoms. The summed E-state index contributed by atoms with van der Waals surface area (Å²) in [5.74, 6) is 0.188. The van der Waals surface area contributed by atoms with Crippen molar-refractivity contribution in [1.82, 2.24) is 5.32 Å². The van der Waals surface area contributed by atoms with Crippen LogP contribution in [-0.2, 0) is 0 Å². The van der Waals surface area contributed by atoms with Gasteiger partial charge in [-0.2, -0.15) is 13.2 Å². The van der Waals surface area contributed by atoms with Crippen LogP contribution >= 0.6 is 11.8 Å². The summed E-state index contributed by atoms with van der Waals surface area (Å²) in [4.78, 5) is 0. The van der Waals surface area contributed by atoms with Crippen molar-refractivity contribution in [2.75, 3.05) is 19.3 Å². The molecule has 0 atom stereocenters. The smallest absolute Gasteiger partial charge is 0.320 e. The lowest BCUT2D eigenvalue weighted by Crippen LogP contribution is -2.07. The summed E-state index contributed by atoms with van der Waals surface area (Å²) in [7, 11) is 1.84. The minimum absolute atomic E-state index is 0.0712. The number of hydrogen-bond donors (Lipinski definition) is 1. The largest absolute Gasteiger partial charge is 0.441 e. The number of alkyl halides is 3. The van der Waals surface area contributed by atoms with Crippen LogP contribution in [0.15, 0.2) is 0 Å². The zero-order chi connectivity index (χ0) is 9.45. The first-order chi connectivity index (χ1) is 5.56. The number of nitrogens with one attached hydrogen (secondary N) is 1. The first kappa shape index (κ1) is 12.1. The Morgan fingerprint density at radius 2 is 1.83 bits per heavy atom. The summed E-state index contributed by atoms with van der Waals surface area (Å²) in [6.07, 6.45) is 2.46. The first-order valence-corrected chi connectivity index (χ1v) is 4.90. The van der Waals surface area contributed by atoms with E-state index in [0.717, 1.165) is 19.4 Å². The van der Waals surface area contributed by atoms with E-state index in [1.165, 1.54) is 0 Å². The van der Waals surface area contributed by atoms with Crippen LogP contribution < -0.4 is 5.32 Å². The summed E-state index contributed by atoms with van der Waals surface area (Å²) in [5.41, 5.74) is -4.05. The van der Waals surface area contributed by atoms with Crippen LogP contribution in [0.5, 0.6) is 0 Å². The van der Waals surface area contributed by atoms with Crippen molar-refractivity contribution >= 4 is 11.8 Å². The molecule has 0 saturated heterocycles. The van der Waals surface area contributed by atoms with Crippen molar-refractivity contribution in [2.45, 2.75) is 24.8 Å². The molecule has 0 radical (unpaired) electrons. The van der Waals surface area contributed by atoms with E-state index in [1.54, 1.807) is 0 Å². The van der Waals surface area contributed by atoms with Crippen LogP contribution in [-0.4, -0.2) is 24.9 Å². The second-order valence-electron chi connectivity index (χ2n) is 2.46. The van der Waals surface area contributed by atoms with Gasteiger partial charge < -0.3 is 5.32 Å². The molecule has 1 N–H and O–H groups in total. The fourth-order valence-corrected chi connectivity index (χ4v) is 1.35. The van der Waals surface area contributed by atoms with Crippen LogP contribution in [0.4, 0.5) is 13.2 Å². The highest BCUT2D eigenvalue weighted by molar-refractivity contribution is 8.00. The summed E-state index contributed by atoms with van der Waals surface area (Å²) in [6, 6.07) is 0. The normalized spacial score (nSPS) is 12.0. The third-order valence-electron chi connectivity index (χ3n) is 1.34. The van der Waals surface area contributed by atoms with Gasteiger partial charge in [0.2, 0.25) is 0 Å². The Hall–Kier alpha value is 0.100. The zero-order valence-corrected chi connectivity index (χ0v) is 7.89. The van der Waals surface area contributed by atoms with Crippen molar-refractivity contribution in [2.24, 2.45) is 0 Å². The SMILES string of the molecule is CNCCCCCSC(F)(F)F. The van der Waals surface area contributed by atoms with Gasteiger partial charge in [-0.25, -0.2) is 0 Å². The van der Waals surface area contributed by atoms with Gasteiger partial charge in [0.25, 0.3) is 0 Å². The molecule has 0 aliphatic rings. The first-order valence-electron chi connectivity index (χ1n) is 3.91. The van der Waals surface area contributed by atoms with E-state index in [9.17, 15) is 13.2 Å². The molecule has 0 heterocycles. The van der Waals surface area contributed by atoms with Crippen LogP contribution in [0, 0.1) is 0 Å². The number of thioether (sulfide) groups is 1. The molecule has 0 aromatic carbocycles. The van der Waals surface area contributed by atoms with Crippen molar-refractivity contribution in [1.29, 1.82) is 0 Å². The molecular formula is C7H14F3NS. The van der Waals surface area contributed by atoms with Gasteiger partial charge in [0, 0.05) is 5.75 Å². The van der Waals surface area contributed by atoms with Crippen molar-refractivity contribution < 1.29 is 13.2 Å². The van der Waals surface area contributed by atoms with E-state index >= 15 is 0 Å². The average Bonchev–Trinajstić information content (AvgIpc) is 1.94. The number of rotatable bonds is 6. The zero-order valence-electron chi connectivity index (χ0n) is 7.08. The summed E-state index contributed by atoms with van der Waals surface area (Å²) < 4.78 is 34.7. The second-order valence-corrected chi connectivity index (χ2v) is 3.62. The number of halogens is 3. The van der Waals surface area contributed by atoms with Gasteiger partial charge in [-0.15, -0.1) is 0 Å². The molecule has 0 amide bonds. The maximum atomic E-state index is 11.6. The van der Waals surface area contributed by atoms with E-state index < -0.39 is 5.51 Å². The van der Waals surface area contributed by atoms with Crippen molar-refractivity contribution in [3.05, 3.63) is 0 Å². The molecule has 0 fully saturated rings. The van der Waals surface area contributed by atoms with E-state index in [2.05, 4.69) is 5.32 Å². The Morgan fingerprint density at radius 3 is 2.33 bits per heavy atom. The fraction of sp³-hybridized carbons (Fsp3) is 1.00. The maximum absolute atomic E-state index is 11.6. The lowest BCUT2D eigenvalue weighted by molar-refractivity contribution is -0.0328. The maximum Gasteiger partial charge on any atom is 0.441 e. The molecule has 12 heavy (non-hydrogen) atoms. The summed E-state index contributed by atoms with van der Waals surface area (Å²) in [6.45, 7) is 0.886. The average molecular weight is 201 g/mol.